The first kappa shape index (κ1) is 17.0. The summed E-state index contributed by atoms with van der Waals surface area (Å²) >= 11 is 5.91. The largest absolute Gasteiger partial charge is 0.471 e. The van der Waals surface area contributed by atoms with Gasteiger partial charge < -0.3 is 10.1 Å². The third-order valence-corrected chi connectivity index (χ3v) is 3.80. The van der Waals surface area contributed by atoms with E-state index in [1.54, 1.807) is 45.9 Å². The van der Waals surface area contributed by atoms with E-state index in [-0.39, 0.29) is 12.6 Å². The summed E-state index contributed by atoms with van der Waals surface area (Å²) in [5, 5.41) is 11.9. The number of hydrogen-bond donors (Lipinski definition) is 1. The summed E-state index contributed by atoms with van der Waals surface area (Å²) in [7, 11) is 1.84. The van der Waals surface area contributed by atoms with Gasteiger partial charge in [-0.15, -0.1) is 0 Å². The molecule has 1 amide bonds. The number of carbonyl (C=O) groups is 1. The Balaban J connectivity index is 1.55. The molecule has 0 spiro atoms. The zero-order valence-electron chi connectivity index (χ0n) is 13.9. The van der Waals surface area contributed by atoms with Crippen molar-refractivity contribution in [3.05, 3.63) is 64.7 Å². The van der Waals surface area contributed by atoms with Gasteiger partial charge in [-0.3, -0.25) is 9.48 Å². The highest BCUT2D eigenvalue weighted by Gasteiger charge is 2.11. The Morgan fingerprint density at radius 2 is 2.12 bits per heavy atom. The van der Waals surface area contributed by atoms with Crippen LogP contribution in [0.5, 0.6) is 5.75 Å². The molecule has 0 fully saturated rings. The zero-order valence-corrected chi connectivity index (χ0v) is 14.7. The van der Waals surface area contributed by atoms with Gasteiger partial charge in [0.2, 0.25) is 0 Å². The molecule has 1 N–H and O–H groups in total. The van der Waals surface area contributed by atoms with Crippen LogP contribution in [0.1, 0.15) is 21.9 Å². The summed E-state index contributed by atoms with van der Waals surface area (Å²) in [6, 6.07) is 10.7. The van der Waals surface area contributed by atoms with Crippen LogP contribution in [0.15, 0.2) is 42.6 Å². The average molecular weight is 360 g/mol. The Morgan fingerprint density at radius 1 is 1.28 bits per heavy atom. The van der Waals surface area contributed by atoms with Crippen molar-refractivity contribution < 1.29 is 9.53 Å². The first-order chi connectivity index (χ1) is 12.0. The lowest BCUT2D eigenvalue weighted by Crippen LogP contribution is -2.24. The predicted octanol–water partition coefficient (Wildman–Crippen LogP) is 2.54. The number of aryl methyl sites for hydroxylation is 2. The fraction of sp³-hybridized carbons (Fsp3) is 0.235. The molecule has 0 aliphatic carbocycles. The van der Waals surface area contributed by atoms with Crippen molar-refractivity contribution in [3.63, 3.8) is 0 Å². The maximum Gasteiger partial charge on any atom is 0.272 e. The van der Waals surface area contributed by atoms with E-state index in [1.165, 1.54) is 0 Å². The second-order valence-corrected chi connectivity index (χ2v) is 5.99. The van der Waals surface area contributed by atoms with Crippen LogP contribution in [0.3, 0.4) is 0 Å². The molecule has 0 saturated heterocycles. The molecule has 7 nitrogen and oxygen atoms in total. The normalized spacial score (nSPS) is 10.7. The van der Waals surface area contributed by atoms with E-state index >= 15 is 0 Å². The highest BCUT2D eigenvalue weighted by Crippen LogP contribution is 2.17. The van der Waals surface area contributed by atoms with Crippen LogP contribution in [0, 0.1) is 6.92 Å². The van der Waals surface area contributed by atoms with Gasteiger partial charge in [-0.1, -0.05) is 17.7 Å². The Hall–Kier alpha value is -2.80. The molecule has 3 aromatic rings. The topological polar surface area (TPSA) is 74.0 Å². The molecule has 3 rings (SSSR count). The molecule has 1 aromatic carbocycles. The highest BCUT2D eigenvalue weighted by atomic mass is 35.5. The van der Waals surface area contributed by atoms with E-state index in [0.29, 0.717) is 23.0 Å². The van der Waals surface area contributed by atoms with Crippen LogP contribution < -0.4 is 10.1 Å². The molecular weight excluding hydrogens is 342 g/mol. The van der Waals surface area contributed by atoms with Crippen molar-refractivity contribution in [2.24, 2.45) is 7.05 Å². The van der Waals surface area contributed by atoms with Gasteiger partial charge in [-0.25, -0.2) is 4.68 Å². The highest BCUT2D eigenvalue weighted by molar-refractivity contribution is 6.30. The van der Waals surface area contributed by atoms with E-state index in [1.807, 2.05) is 20.0 Å². The average Bonchev–Trinajstić information content (AvgIpc) is 3.17. The molecule has 0 saturated carbocycles. The fourth-order valence-corrected chi connectivity index (χ4v) is 2.52. The number of ether oxygens (including phenoxy) is 1. The van der Waals surface area contributed by atoms with Gasteiger partial charge in [0.15, 0.2) is 6.73 Å². The van der Waals surface area contributed by atoms with Crippen molar-refractivity contribution >= 4 is 17.5 Å². The number of amides is 1. The van der Waals surface area contributed by atoms with Gasteiger partial charge in [-0.05, 0) is 37.3 Å². The minimum absolute atomic E-state index is 0.189. The van der Waals surface area contributed by atoms with Crippen LogP contribution >= 0.6 is 11.6 Å². The minimum Gasteiger partial charge on any atom is -0.471 e. The fourth-order valence-electron chi connectivity index (χ4n) is 2.34. The summed E-state index contributed by atoms with van der Waals surface area (Å²) in [5.74, 6) is 0.390. The number of hydrogen-bond acceptors (Lipinski definition) is 4. The van der Waals surface area contributed by atoms with Gasteiger partial charge in [0.1, 0.15) is 11.4 Å². The van der Waals surface area contributed by atoms with Crippen LogP contribution in [0.4, 0.5) is 0 Å². The van der Waals surface area contributed by atoms with Gasteiger partial charge in [0.25, 0.3) is 5.91 Å². The van der Waals surface area contributed by atoms with Crippen molar-refractivity contribution in [2.45, 2.75) is 20.2 Å². The minimum atomic E-state index is -0.250. The predicted molar refractivity (Wildman–Crippen MR) is 93.4 cm³/mol. The molecule has 2 aromatic heterocycles. The van der Waals surface area contributed by atoms with Gasteiger partial charge >= 0.3 is 0 Å². The second kappa shape index (κ2) is 7.40. The molecule has 2 heterocycles. The molecule has 0 aliphatic heterocycles. The standard InChI is InChI=1S/C17H18ClN5O2/c1-12-8-14(22(2)20-12)10-19-17(24)16-6-7-23(21-16)11-25-15-5-3-4-13(18)9-15/h3-9H,10-11H2,1-2H3,(H,19,24). The molecule has 0 unspecified atom stereocenters. The molecular formula is C17H18ClN5O2. The van der Waals surface area contributed by atoms with Crippen molar-refractivity contribution in [1.29, 1.82) is 0 Å². The summed E-state index contributed by atoms with van der Waals surface area (Å²) in [6.07, 6.45) is 1.69. The lowest BCUT2D eigenvalue weighted by Gasteiger charge is -2.06. The van der Waals surface area contributed by atoms with E-state index in [2.05, 4.69) is 15.5 Å². The number of benzene rings is 1. The number of carbonyl (C=O) groups excluding carboxylic acids is 1. The van der Waals surface area contributed by atoms with E-state index in [9.17, 15) is 4.79 Å². The summed E-state index contributed by atoms with van der Waals surface area (Å²) in [4.78, 5) is 12.2. The monoisotopic (exact) mass is 359 g/mol. The molecule has 0 bridgehead atoms. The molecule has 8 heteroatoms. The number of rotatable bonds is 6. The van der Waals surface area contributed by atoms with E-state index in [0.717, 1.165) is 11.4 Å². The zero-order chi connectivity index (χ0) is 17.8. The van der Waals surface area contributed by atoms with Crippen LogP contribution in [0.2, 0.25) is 5.02 Å². The van der Waals surface area contributed by atoms with Crippen molar-refractivity contribution in [1.82, 2.24) is 24.9 Å². The molecule has 0 radical (unpaired) electrons. The Kier molecular flexibility index (Phi) is 5.04. The van der Waals surface area contributed by atoms with Crippen molar-refractivity contribution in [2.75, 3.05) is 0 Å². The molecule has 0 atom stereocenters. The second-order valence-electron chi connectivity index (χ2n) is 5.55. The van der Waals surface area contributed by atoms with Crippen LogP contribution in [-0.2, 0) is 20.3 Å². The Bertz CT molecular complexity index is 887. The lowest BCUT2D eigenvalue weighted by molar-refractivity contribution is 0.0943. The summed E-state index contributed by atoms with van der Waals surface area (Å²) < 4.78 is 8.88. The molecule has 25 heavy (non-hydrogen) atoms. The summed E-state index contributed by atoms with van der Waals surface area (Å²) in [6.45, 7) is 2.49. The van der Waals surface area contributed by atoms with Crippen molar-refractivity contribution in [3.8, 4) is 5.75 Å². The van der Waals surface area contributed by atoms with Gasteiger partial charge in [0.05, 0.1) is 17.9 Å². The third kappa shape index (κ3) is 4.39. The van der Waals surface area contributed by atoms with Crippen LogP contribution in [-0.4, -0.2) is 25.5 Å². The van der Waals surface area contributed by atoms with Gasteiger partial charge in [0, 0.05) is 18.3 Å². The van der Waals surface area contributed by atoms with Crippen LogP contribution in [0.25, 0.3) is 0 Å². The summed E-state index contributed by atoms with van der Waals surface area (Å²) in [5.41, 5.74) is 2.16. The number of nitrogens with one attached hydrogen (secondary N) is 1. The quantitative estimate of drug-likeness (QED) is 0.734. The first-order valence-corrected chi connectivity index (χ1v) is 8.08. The SMILES string of the molecule is Cc1cc(CNC(=O)c2ccn(COc3cccc(Cl)c3)n2)n(C)n1. The van der Waals surface area contributed by atoms with Gasteiger partial charge in [-0.2, -0.15) is 10.2 Å². The Morgan fingerprint density at radius 3 is 2.84 bits per heavy atom. The maximum absolute atomic E-state index is 12.2. The van der Waals surface area contributed by atoms with E-state index in [4.69, 9.17) is 16.3 Å². The smallest absolute Gasteiger partial charge is 0.272 e. The lowest BCUT2D eigenvalue weighted by atomic mass is 10.3. The molecule has 130 valence electrons. The number of halogens is 1. The molecule has 0 aliphatic rings. The maximum atomic E-state index is 12.2. The van der Waals surface area contributed by atoms with E-state index < -0.39 is 0 Å². The number of aromatic nitrogens is 4. The third-order valence-electron chi connectivity index (χ3n) is 3.56. The Labute approximate surface area is 150 Å². The first-order valence-electron chi connectivity index (χ1n) is 7.71. The number of nitrogens with zero attached hydrogens (tertiary/aromatic N) is 4.